The predicted octanol–water partition coefficient (Wildman–Crippen LogP) is 3.62. The molecule has 3 atom stereocenters. The molecule has 1 saturated carbocycles. The van der Waals surface area contributed by atoms with E-state index in [4.69, 9.17) is 8.61 Å². The lowest BCUT2D eigenvalue weighted by Crippen LogP contribution is -2.45. The van der Waals surface area contributed by atoms with Gasteiger partial charge < -0.3 is 14.3 Å². The smallest absolute Gasteiger partial charge is 0.308 e. The molecule has 1 fully saturated rings. The van der Waals surface area contributed by atoms with E-state index < -0.39 is 36.1 Å². The van der Waals surface area contributed by atoms with Crippen LogP contribution in [0.25, 0.3) is 0 Å². The topological polar surface area (TPSA) is 99.1 Å². The van der Waals surface area contributed by atoms with Gasteiger partial charge in [0.25, 0.3) is 10.1 Å². The Balaban J connectivity index is 2.83. The highest BCUT2D eigenvalue weighted by Gasteiger charge is 2.48. The largest absolute Gasteiger partial charge is 0.469 e. The summed E-state index contributed by atoms with van der Waals surface area (Å²) in [5.74, 6) is -0.297. The molecule has 1 N–H and O–H groups in total. The van der Waals surface area contributed by atoms with E-state index in [1.807, 2.05) is 0 Å². The van der Waals surface area contributed by atoms with Gasteiger partial charge in [-0.15, -0.1) is 0 Å². The van der Waals surface area contributed by atoms with Crippen molar-refractivity contribution in [2.45, 2.75) is 102 Å². The Morgan fingerprint density at radius 1 is 1.21 bits per heavy atom. The third-order valence-electron chi connectivity index (χ3n) is 5.95. The fourth-order valence-electron chi connectivity index (χ4n) is 3.40. The molecule has 0 spiro atoms. The molecule has 0 saturated heterocycles. The van der Waals surface area contributed by atoms with Gasteiger partial charge in [0, 0.05) is 6.10 Å². The van der Waals surface area contributed by atoms with Crippen LogP contribution in [0.15, 0.2) is 0 Å². The Kier molecular flexibility index (Phi) is 8.94. The Bertz CT molecular complexity index is 650. The molecule has 0 unspecified atom stereocenters. The molecule has 0 aromatic rings. The van der Waals surface area contributed by atoms with Crippen molar-refractivity contribution in [1.29, 1.82) is 0 Å². The number of esters is 1. The van der Waals surface area contributed by atoms with Gasteiger partial charge in [0.2, 0.25) is 0 Å². The molecule has 7 nitrogen and oxygen atoms in total. The van der Waals surface area contributed by atoms with Crippen molar-refractivity contribution >= 4 is 24.4 Å². The highest BCUT2D eigenvalue weighted by Crippen LogP contribution is 2.47. The molecular formula is C20H40O7SSi. The summed E-state index contributed by atoms with van der Waals surface area (Å²) in [6, 6.07) is 0. The summed E-state index contributed by atoms with van der Waals surface area (Å²) in [6.07, 6.45) is 3.07. The summed E-state index contributed by atoms with van der Waals surface area (Å²) >= 11 is 0. The van der Waals surface area contributed by atoms with E-state index in [1.54, 1.807) is 0 Å². The van der Waals surface area contributed by atoms with E-state index in [9.17, 15) is 18.3 Å². The van der Waals surface area contributed by atoms with Crippen molar-refractivity contribution in [1.82, 2.24) is 0 Å². The van der Waals surface area contributed by atoms with Gasteiger partial charge in [-0.05, 0) is 56.2 Å². The van der Waals surface area contributed by atoms with Gasteiger partial charge in [0.1, 0.15) is 0 Å². The lowest BCUT2D eigenvalue weighted by molar-refractivity contribution is -0.143. The van der Waals surface area contributed by atoms with Crippen molar-refractivity contribution in [2.24, 2.45) is 5.92 Å². The second kappa shape index (κ2) is 9.76. The van der Waals surface area contributed by atoms with Gasteiger partial charge in [-0.25, -0.2) is 0 Å². The molecule has 9 heteroatoms. The van der Waals surface area contributed by atoms with Crippen LogP contribution >= 0.6 is 0 Å². The molecule has 172 valence electrons. The molecule has 0 radical (unpaired) electrons. The quantitative estimate of drug-likeness (QED) is 0.274. The predicted molar refractivity (Wildman–Crippen MR) is 116 cm³/mol. The van der Waals surface area contributed by atoms with Crippen LogP contribution in [0.5, 0.6) is 0 Å². The van der Waals surface area contributed by atoms with E-state index in [2.05, 4.69) is 45.5 Å². The molecule has 1 rings (SSSR count). The van der Waals surface area contributed by atoms with E-state index in [0.717, 1.165) is 19.1 Å². The number of rotatable bonds is 12. The van der Waals surface area contributed by atoms with E-state index in [1.165, 1.54) is 7.11 Å². The number of hydrogen-bond donors (Lipinski definition) is 1. The number of carbonyl (C=O) groups is 1. The Labute approximate surface area is 177 Å². The first-order valence-electron chi connectivity index (χ1n) is 10.3. The summed E-state index contributed by atoms with van der Waals surface area (Å²) in [5, 5.41) is 10.4. The summed E-state index contributed by atoms with van der Waals surface area (Å²) in [4.78, 5) is 11.5. The van der Waals surface area contributed by atoms with E-state index >= 15 is 0 Å². The van der Waals surface area contributed by atoms with Gasteiger partial charge in [-0.3, -0.25) is 8.98 Å². The number of aliphatic hydroxyl groups is 1. The molecule has 0 aromatic heterocycles. The number of hydrogen-bond acceptors (Lipinski definition) is 7. The second-order valence-corrected chi connectivity index (χ2v) is 16.5. The zero-order valence-corrected chi connectivity index (χ0v) is 21.1. The number of methoxy groups -OCH3 is 1. The van der Waals surface area contributed by atoms with Crippen LogP contribution in [0.4, 0.5) is 0 Å². The molecule has 0 aliphatic heterocycles. The van der Waals surface area contributed by atoms with Crippen LogP contribution in [0.1, 0.15) is 66.2 Å². The van der Waals surface area contributed by atoms with Crippen LogP contribution in [0, 0.1) is 5.92 Å². The molecular weight excluding hydrogens is 412 g/mol. The summed E-state index contributed by atoms with van der Waals surface area (Å²) in [7, 11) is -4.28. The molecule has 0 aromatic carbocycles. The van der Waals surface area contributed by atoms with Gasteiger partial charge in [-0.1, -0.05) is 27.7 Å². The molecule has 0 heterocycles. The van der Waals surface area contributed by atoms with Crippen LogP contribution in [-0.4, -0.2) is 59.0 Å². The van der Waals surface area contributed by atoms with E-state index in [0.29, 0.717) is 19.3 Å². The molecule has 1 aliphatic carbocycles. The van der Waals surface area contributed by atoms with Gasteiger partial charge >= 0.3 is 5.97 Å². The van der Waals surface area contributed by atoms with Crippen molar-refractivity contribution in [2.75, 3.05) is 13.4 Å². The highest BCUT2D eigenvalue weighted by molar-refractivity contribution is 7.86. The molecule has 0 amide bonds. The monoisotopic (exact) mass is 452 g/mol. The highest BCUT2D eigenvalue weighted by atomic mass is 32.2. The minimum atomic E-state index is -3.49. The van der Waals surface area contributed by atoms with Crippen molar-refractivity contribution in [3.63, 3.8) is 0 Å². The standard InChI is InChI=1S/C20H40O7SSi/c1-15(14-20(9-10-20)27-28(6,23)24)11-17(12-16(21)13-18(22)25-5)26-29(7,8)19(2,3)4/h15-17,21H,9-14H2,1-8H3/t15-,16-,17-/m1/s1. The fraction of sp³-hybridized carbons (Fsp3) is 0.950. The first-order chi connectivity index (χ1) is 13.0. The normalized spacial score (nSPS) is 20.0. The Hall–Kier alpha value is -0.483. The van der Waals surface area contributed by atoms with E-state index in [-0.39, 0.29) is 23.5 Å². The SMILES string of the molecule is COC(=O)C[C@H](O)C[C@@H](C[C@@H](C)CC1(OS(C)(=O)=O)CC1)O[Si](C)(C)C(C)(C)C. The number of ether oxygens (including phenoxy) is 1. The van der Waals surface area contributed by atoms with Crippen LogP contribution in [0.2, 0.25) is 18.1 Å². The molecule has 29 heavy (non-hydrogen) atoms. The maximum atomic E-state index is 11.5. The molecule has 1 aliphatic rings. The first-order valence-corrected chi connectivity index (χ1v) is 15.0. The van der Waals surface area contributed by atoms with Crippen molar-refractivity contribution < 1.29 is 31.7 Å². The first kappa shape index (κ1) is 26.6. The van der Waals surface area contributed by atoms with Crippen LogP contribution < -0.4 is 0 Å². The molecule has 0 bridgehead atoms. The van der Waals surface area contributed by atoms with Crippen molar-refractivity contribution in [3.05, 3.63) is 0 Å². The number of aliphatic hydroxyl groups excluding tert-OH is 1. The zero-order valence-electron chi connectivity index (χ0n) is 19.3. The second-order valence-electron chi connectivity index (χ2n) is 10.2. The summed E-state index contributed by atoms with van der Waals surface area (Å²) in [5.41, 5.74) is -0.584. The lowest BCUT2D eigenvalue weighted by atomic mass is 9.93. The maximum Gasteiger partial charge on any atom is 0.308 e. The average molecular weight is 453 g/mol. The van der Waals surface area contributed by atoms with Crippen molar-refractivity contribution in [3.8, 4) is 0 Å². The van der Waals surface area contributed by atoms with Gasteiger partial charge in [0.05, 0.1) is 31.5 Å². The minimum Gasteiger partial charge on any atom is -0.469 e. The Morgan fingerprint density at radius 2 is 1.76 bits per heavy atom. The van der Waals surface area contributed by atoms with Gasteiger partial charge in [-0.2, -0.15) is 8.42 Å². The lowest BCUT2D eigenvalue weighted by Gasteiger charge is -2.40. The summed E-state index contributed by atoms with van der Waals surface area (Å²) in [6.45, 7) is 12.8. The maximum absolute atomic E-state index is 11.5. The fourth-order valence-corrected chi connectivity index (χ4v) is 5.65. The Morgan fingerprint density at radius 3 is 2.17 bits per heavy atom. The summed E-state index contributed by atoms with van der Waals surface area (Å²) < 4.78 is 39.6. The van der Waals surface area contributed by atoms with Gasteiger partial charge in [0.15, 0.2) is 8.32 Å². The third-order valence-corrected chi connectivity index (χ3v) is 11.1. The number of carbonyl (C=O) groups excluding carboxylic acids is 1. The third kappa shape index (κ3) is 9.46. The van der Waals surface area contributed by atoms with Crippen LogP contribution in [0.3, 0.4) is 0 Å². The van der Waals surface area contributed by atoms with Crippen LogP contribution in [-0.2, 0) is 28.3 Å². The average Bonchev–Trinajstić information content (AvgIpc) is 3.21. The zero-order chi connectivity index (χ0) is 22.7. The minimum absolute atomic E-state index is 0.0128.